The summed E-state index contributed by atoms with van der Waals surface area (Å²) >= 11 is 0. The maximum Gasteiger partial charge on any atom is 0.0805 e. The number of hydrogen-bond donors (Lipinski definition) is 3. The van der Waals surface area contributed by atoms with Crippen LogP contribution in [0.3, 0.4) is 0 Å². The van der Waals surface area contributed by atoms with E-state index in [1.807, 2.05) is 0 Å². The van der Waals surface area contributed by atoms with Gasteiger partial charge >= 0.3 is 0 Å². The third-order valence-electron chi connectivity index (χ3n) is 1.93. The first-order valence-electron chi connectivity index (χ1n) is 4.24. The highest BCUT2D eigenvalue weighted by atomic mass is 16.5. The smallest absolute Gasteiger partial charge is 0.0805 e. The Labute approximate surface area is 72.5 Å². The van der Waals surface area contributed by atoms with Crippen LogP contribution in [0.4, 0.5) is 0 Å². The Balaban J connectivity index is 2.11. The van der Waals surface area contributed by atoms with Crippen molar-refractivity contribution in [2.45, 2.75) is 6.10 Å². The number of β-amino-alcohol motifs (C(OH)–C–C–N with tert-alkyl or cyclic N) is 1. The van der Waals surface area contributed by atoms with Crippen LogP contribution >= 0.6 is 0 Å². The average Bonchev–Trinajstić information content (AvgIpc) is 2.06. The van der Waals surface area contributed by atoms with E-state index in [-0.39, 0.29) is 6.10 Å². The summed E-state index contributed by atoms with van der Waals surface area (Å²) in [6, 6.07) is 0. The Morgan fingerprint density at radius 3 is 2.75 bits per heavy atom. The van der Waals surface area contributed by atoms with Gasteiger partial charge in [0.2, 0.25) is 0 Å². The monoisotopic (exact) mass is 175 g/mol. The number of nitrogens with zero attached hydrogens (tertiary/aromatic N) is 1. The van der Waals surface area contributed by atoms with Gasteiger partial charge in [-0.05, 0) is 0 Å². The molecule has 72 valence electrons. The summed E-state index contributed by atoms with van der Waals surface area (Å²) in [6.45, 7) is 4.46. The fraction of sp³-hybridized carbons (Fsp3) is 1.00. The quantitative estimate of drug-likeness (QED) is 0.345. The van der Waals surface area contributed by atoms with E-state index in [1.54, 1.807) is 0 Å². The van der Waals surface area contributed by atoms with E-state index in [4.69, 9.17) is 10.6 Å². The van der Waals surface area contributed by atoms with Crippen molar-refractivity contribution in [3.63, 3.8) is 0 Å². The lowest BCUT2D eigenvalue weighted by molar-refractivity contribution is 0.0150. The van der Waals surface area contributed by atoms with Crippen LogP contribution in [-0.2, 0) is 4.74 Å². The van der Waals surface area contributed by atoms with E-state index >= 15 is 0 Å². The minimum atomic E-state index is -0.381. The number of hydrazine groups is 1. The highest BCUT2D eigenvalue weighted by Gasteiger charge is 2.13. The Bertz CT molecular complexity index is 117. The van der Waals surface area contributed by atoms with E-state index in [2.05, 4.69) is 10.3 Å². The first-order chi connectivity index (χ1) is 5.83. The number of nitrogens with two attached hydrogens (primary N) is 1. The second kappa shape index (κ2) is 5.45. The predicted octanol–water partition coefficient (Wildman–Crippen LogP) is -1.86. The molecule has 5 heteroatoms. The summed E-state index contributed by atoms with van der Waals surface area (Å²) in [5.41, 5.74) is 2.45. The van der Waals surface area contributed by atoms with Gasteiger partial charge in [0.05, 0.1) is 19.3 Å². The molecule has 1 rings (SSSR count). The first-order valence-corrected chi connectivity index (χ1v) is 4.24. The molecule has 0 saturated carbocycles. The molecule has 0 spiro atoms. The van der Waals surface area contributed by atoms with E-state index in [0.717, 1.165) is 26.3 Å². The molecular weight excluding hydrogens is 158 g/mol. The van der Waals surface area contributed by atoms with Gasteiger partial charge in [-0.1, -0.05) is 0 Å². The van der Waals surface area contributed by atoms with E-state index in [0.29, 0.717) is 13.1 Å². The first kappa shape index (κ1) is 9.88. The molecule has 0 aliphatic carbocycles. The number of aliphatic hydroxyl groups is 1. The highest BCUT2D eigenvalue weighted by molar-refractivity contribution is 4.67. The minimum Gasteiger partial charge on any atom is -0.390 e. The number of nitrogens with one attached hydrogen (secondary N) is 1. The van der Waals surface area contributed by atoms with Crippen LogP contribution in [0.5, 0.6) is 0 Å². The molecule has 1 fully saturated rings. The molecular formula is C7H17N3O2. The zero-order valence-electron chi connectivity index (χ0n) is 7.20. The van der Waals surface area contributed by atoms with Crippen molar-refractivity contribution >= 4 is 0 Å². The third-order valence-corrected chi connectivity index (χ3v) is 1.93. The molecule has 0 aromatic rings. The fourth-order valence-electron chi connectivity index (χ4n) is 1.28. The Morgan fingerprint density at radius 2 is 2.17 bits per heavy atom. The van der Waals surface area contributed by atoms with Crippen LogP contribution in [0.15, 0.2) is 0 Å². The van der Waals surface area contributed by atoms with Crippen LogP contribution in [0.25, 0.3) is 0 Å². The van der Waals surface area contributed by atoms with Gasteiger partial charge in [-0.25, -0.2) is 0 Å². The summed E-state index contributed by atoms with van der Waals surface area (Å²) in [5.74, 6) is 5.08. The maximum atomic E-state index is 9.38. The lowest BCUT2D eigenvalue weighted by atomic mass is 10.3. The molecule has 1 atom stereocenters. The second-order valence-electron chi connectivity index (χ2n) is 2.98. The van der Waals surface area contributed by atoms with E-state index in [9.17, 15) is 5.11 Å². The predicted molar refractivity (Wildman–Crippen MR) is 45.5 cm³/mol. The topological polar surface area (TPSA) is 70.8 Å². The SMILES string of the molecule is NNCC(O)CN1CCOCC1. The van der Waals surface area contributed by atoms with E-state index < -0.39 is 0 Å². The highest BCUT2D eigenvalue weighted by Crippen LogP contribution is 1.97. The van der Waals surface area contributed by atoms with Gasteiger partial charge in [-0.3, -0.25) is 16.2 Å². The Hall–Kier alpha value is -0.200. The molecule has 4 N–H and O–H groups in total. The second-order valence-corrected chi connectivity index (χ2v) is 2.98. The van der Waals surface area contributed by atoms with Crippen molar-refractivity contribution < 1.29 is 9.84 Å². The van der Waals surface area contributed by atoms with Crippen LogP contribution < -0.4 is 11.3 Å². The maximum absolute atomic E-state index is 9.38. The molecule has 12 heavy (non-hydrogen) atoms. The van der Waals surface area contributed by atoms with Crippen LogP contribution in [0, 0.1) is 0 Å². The lowest BCUT2D eigenvalue weighted by Gasteiger charge is -2.28. The Morgan fingerprint density at radius 1 is 1.50 bits per heavy atom. The molecule has 0 aromatic carbocycles. The summed E-state index contributed by atoms with van der Waals surface area (Å²) in [7, 11) is 0. The molecule has 1 unspecified atom stereocenters. The third kappa shape index (κ3) is 3.46. The molecule has 0 amide bonds. The van der Waals surface area contributed by atoms with Crippen LogP contribution in [-0.4, -0.2) is 55.5 Å². The van der Waals surface area contributed by atoms with Crippen molar-refractivity contribution in [1.29, 1.82) is 0 Å². The van der Waals surface area contributed by atoms with Gasteiger partial charge in [0.15, 0.2) is 0 Å². The van der Waals surface area contributed by atoms with Crippen molar-refractivity contribution in [3.8, 4) is 0 Å². The largest absolute Gasteiger partial charge is 0.390 e. The molecule has 1 aliphatic heterocycles. The van der Waals surface area contributed by atoms with Gasteiger partial charge < -0.3 is 9.84 Å². The molecule has 0 aromatic heterocycles. The number of morpholine rings is 1. The summed E-state index contributed by atoms with van der Waals surface area (Å²) < 4.78 is 5.18. The summed E-state index contributed by atoms with van der Waals surface area (Å²) in [5, 5.41) is 9.38. The Kier molecular flexibility index (Phi) is 4.49. The lowest BCUT2D eigenvalue weighted by Crippen LogP contribution is -2.44. The average molecular weight is 175 g/mol. The molecule has 0 radical (unpaired) electrons. The number of rotatable bonds is 4. The van der Waals surface area contributed by atoms with Crippen LogP contribution in [0.1, 0.15) is 0 Å². The minimum absolute atomic E-state index is 0.381. The van der Waals surface area contributed by atoms with Crippen molar-refractivity contribution in [2.75, 3.05) is 39.4 Å². The molecule has 5 nitrogen and oxygen atoms in total. The zero-order valence-corrected chi connectivity index (χ0v) is 7.20. The summed E-state index contributed by atoms with van der Waals surface area (Å²) in [4.78, 5) is 2.17. The number of ether oxygens (including phenoxy) is 1. The summed E-state index contributed by atoms with van der Waals surface area (Å²) in [6.07, 6.45) is -0.381. The van der Waals surface area contributed by atoms with Crippen LogP contribution in [0.2, 0.25) is 0 Å². The standard InChI is InChI=1S/C7H17N3O2/c8-9-5-7(11)6-10-1-3-12-4-2-10/h7,9,11H,1-6,8H2. The molecule has 1 heterocycles. The normalized spacial score (nSPS) is 22.5. The van der Waals surface area contributed by atoms with Gasteiger partial charge in [0.25, 0.3) is 0 Å². The fourth-order valence-corrected chi connectivity index (χ4v) is 1.28. The molecule has 1 aliphatic rings. The van der Waals surface area contributed by atoms with Gasteiger partial charge in [-0.2, -0.15) is 0 Å². The van der Waals surface area contributed by atoms with Gasteiger partial charge in [0, 0.05) is 26.2 Å². The van der Waals surface area contributed by atoms with Gasteiger partial charge in [-0.15, -0.1) is 0 Å². The van der Waals surface area contributed by atoms with Gasteiger partial charge in [0.1, 0.15) is 0 Å². The van der Waals surface area contributed by atoms with Crippen molar-refractivity contribution in [1.82, 2.24) is 10.3 Å². The number of aliphatic hydroxyl groups excluding tert-OH is 1. The van der Waals surface area contributed by atoms with Crippen molar-refractivity contribution in [2.24, 2.45) is 5.84 Å². The zero-order chi connectivity index (χ0) is 8.81. The van der Waals surface area contributed by atoms with Crippen molar-refractivity contribution in [3.05, 3.63) is 0 Å². The number of hydrogen-bond acceptors (Lipinski definition) is 5. The van der Waals surface area contributed by atoms with E-state index in [1.165, 1.54) is 0 Å². The molecule has 1 saturated heterocycles. The molecule has 0 bridgehead atoms.